The van der Waals surface area contributed by atoms with E-state index in [1.807, 2.05) is 19.1 Å². The summed E-state index contributed by atoms with van der Waals surface area (Å²) in [5.41, 5.74) is 2.60. The molecule has 2 aromatic carbocycles. The molecule has 3 nitrogen and oxygen atoms in total. The van der Waals surface area contributed by atoms with Crippen LogP contribution in [0.1, 0.15) is 30.4 Å². The number of hydrogen-bond donors (Lipinski definition) is 1. The highest BCUT2D eigenvalue weighted by molar-refractivity contribution is 5.71. The van der Waals surface area contributed by atoms with Crippen LogP contribution in [-0.2, 0) is 9.53 Å². The van der Waals surface area contributed by atoms with Gasteiger partial charge in [-0.1, -0.05) is 60.7 Å². The van der Waals surface area contributed by atoms with E-state index in [0.717, 1.165) is 13.0 Å². The van der Waals surface area contributed by atoms with Crippen molar-refractivity contribution >= 4 is 5.97 Å². The molecule has 116 valence electrons. The van der Waals surface area contributed by atoms with Gasteiger partial charge in [0.05, 0.1) is 13.2 Å². The summed E-state index contributed by atoms with van der Waals surface area (Å²) in [6.07, 6.45) is 0.938. The van der Waals surface area contributed by atoms with Crippen LogP contribution in [0, 0.1) is 0 Å². The minimum atomic E-state index is -0.196. The quantitative estimate of drug-likeness (QED) is 0.600. The Morgan fingerprint density at radius 3 is 2.05 bits per heavy atom. The van der Waals surface area contributed by atoms with E-state index in [1.54, 1.807) is 0 Å². The molecule has 0 aliphatic heterocycles. The zero-order chi connectivity index (χ0) is 15.6. The van der Waals surface area contributed by atoms with E-state index in [9.17, 15) is 4.79 Å². The van der Waals surface area contributed by atoms with Gasteiger partial charge >= 0.3 is 5.97 Å². The first-order valence-corrected chi connectivity index (χ1v) is 7.77. The second-order valence-electron chi connectivity index (χ2n) is 5.14. The van der Waals surface area contributed by atoms with Crippen LogP contribution in [0.15, 0.2) is 60.7 Å². The molecule has 2 rings (SSSR count). The lowest BCUT2D eigenvalue weighted by Gasteiger charge is -2.18. The minimum Gasteiger partial charge on any atom is -0.465 e. The second-order valence-corrected chi connectivity index (χ2v) is 5.14. The van der Waals surface area contributed by atoms with Crippen LogP contribution in [-0.4, -0.2) is 25.7 Å². The lowest BCUT2D eigenvalue weighted by atomic mass is 9.88. The molecule has 0 atom stereocenters. The highest BCUT2D eigenvalue weighted by Crippen LogP contribution is 2.27. The van der Waals surface area contributed by atoms with E-state index >= 15 is 0 Å². The Bertz CT molecular complexity index is 515. The summed E-state index contributed by atoms with van der Waals surface area (Å²) < 4.78 is 4.92. The smallest absolute Gasteiger partial charge is 0.319 e. The molecular weight excluding hydrogens is 274 g/mol. The standard InChI is InChI=1S/C19H23NO2/c1-2-22-19(21)15-20-14-13-18(16-9-5-3-6-10-16)17-11-7-4-8-12-17/h3-12,18,20H,2,13-15H2,1H3. The molecule has 0 aliphatic rings. The van der Waals surface area contributed by atoms with Gasteiger partial charge in [-0.25, -0.2) is 0 Å². The number of carbonyl (C=O) groups excluding carboxylic acids is 1. The average Bonchev–Trinajstić information content (AvgIpc) is 2.57. The molecule has 22 heavy (non-hydrogen) atoms. The van der Waals surface area contributed by atoms with Gasteiger partial charge in [0.15, 0.2) is 0 Å². The van der Waals surface area contributed by atoms with Gasteiger partial charge in [0.2, 0.25) is 0 Å². The van der Waals surface area contributed by atoms with Crippen molar-refractivity contribution in [1.29, 1.82) is 0 Å². The van der Waals surface area contributed by atoms with Crippen LogP contribution < -0.4 is 5.32 Å². The Morgan fingerprint density at radius 1 is 1.00 bits per heavy atom. The molecule has 0 fully saturated rings. The fourth-order valence-corrected chi connectivity index (χ4v) is 2.55. The molecule has 0 saturated carbocycles. The van der Waals surface area contributed by atoms with Crippen LogP contribution in [0.2, 0.25) is 0 Å². The van der Waals surface area contributed by atoms with Crippen molar-refractivity contribution in [1.82, 2.24) is 5.32 Å². The monoisotopic (exact) mass is 297 g/mol. The minimum absolute atomic E-state index is 0.196. The van der Waals surface area contributed by atoms with Crippen LogP contribution in [0.25, 0.3) is 0 Å². The molecule has 3 heteroatoms. The SMILES string of the molecule is CCOC(=O)CNCCC(c1ccccc1)c1ccccc1. The molecule has 0 bridgehead atoms. The Labute approximate surface area is 132 Å². The van der Waals surface area contributed by atoms with Crippen LogP contribution in [0.3, 0.4) is 0 Å². The fourth-order valence-electron chi connectivity index (χ4n) is 2.55. The summed E-state index contributed by atoms with van der Waals surface area (Å²) in [4.78, 5) is 11.3. The number of carbonyl (C=O) groups is 1. The normalized spacial score (nSPS) is 10.6. The highest BCUT2D eigenvalue weighted by atomic mass is 16.5. The van der Waals surface area contributed by atoms with Crippen molar-refractivity contribution in [2.75, 3.05) is 19.7 Å². The molecule has 0 saturated heterocycles. The van der Waals surface area contributed by atoms with Gasteiger partial charge in [0.25, 0.3) is 0 Å². The fraction of sp³-hybridized carbons (Fsp3) is 0.316. The number of ether oxygens (including phenoxy) is 1. The Morgan fingerprint density at radius 2 is 1.55 bits per heavy atom. The van der Waals surface area contributed by atoms with Gasteiger partial charge in [0, 0.05) is 5.92 Å². The molecule has 0 aromatic heterocycles. The average molecular weight is 297 g/mol. The number of benzene rings is 2. The van der Waals surface area contributed by atoms with Crippen LogP contribution in [0.4, 0.5) is 0 Å². The lowest BCUT2D eigenvalue weighted by Crippen LogP contribution is -2.26. The number of esters is 1. The topological polar surface area (TPSA) is 38.3 Å². The molecule has 0 spiro atoms. The first-order chi connectivity index (χ1) is 10.8. The molecule has 0 amide bonds. The van der Waals surface area contributed by atoms with Crippen molar-refractivity contribution in [3.05, 3.63) is 71.8 Å². The number of hydrogen-bond acceptors (Lipinski definition) is 3. The molecule has 0 heterocycles. The van der Waals surface area contributed by atoms with E-state index in [0.29, 0.717) is 12.5 Å². The van der Waals surface area contributed by atoms with Crippen molar-refractivity contribution in [3.63, 3.8) is 0 Å². The molecule has 2 aromatic rings. The van der Waals surface area contributed by atoms with Crippen LogP contribution in [0.5, 0.6) is 0 Å². The molecule has 1 N–H and O–H groups in total. The zero-order valence-electron chi connectivity index (χ0n) is 13.0. The maximum absolute atomic E-state index is 11.3. The summed E-state index contributed by atoms with van der Waals surface area (Å²) >= 11 is 0. The lowest BCUT2D eigenvalue weighted by molar-refractivity contribution is -0.141. The first kappa shape index (κ1) is 16.2. The van der Waals surface area contributed by atoms with Crippen molar-refractivity contribution < 1.29 is 9.53 Å². The van der Waals surface area contributed by atoms with Gasteiger partial charge in [-0.15, -0.1) is 0 Å². The molecule has 0 radical (unpaired) electrons. The summed E-state index contributed by atoms with van der Waals surface area (Å²) in [5, 5.41) is 3.17. The third-order valence-corrected chi connectivity index (χ3v) is 3.59. The number of nitrogens with one attached hydrogen (secondary N) is 1. The third-order valence-electron chi connectivity index (χ3n) is 3.59. The maximum Gasteiger partial charge on any atom is 0.319 e. The molecular formula is C19H23NO2. The van der Waals surface area contributed by atoms with Gasteiger partial charge in [-0.2, -0.15) is 0 Å². The zero-order valence-corrected chi connectivity index (χ0v) is 13.0. The second kappa shape index (κ2) is 9.00. The summed E-state index contributed by atoms with van der Waals surface area (Å²) in [7, 11) is 0. The summed E-state index contributed by atoms with van der Waals surface area (Å²) in [6, 6.07) is 21.0. The van der Waals surface area contributed by atoms with Gasteiger partial charge in [-0.05, 0) is 31.0 Å². The predicted molar refractivity (Wildman–Crippen MR) is 88.8 cm³/mol. The third kappa shape index (κ3) is 5.01. The summed E-state index contributed by atoms with van der Waals surface area (Å²) in [5.74, 6) is 0.135. The van der Waals surface area contributed by atoms with E-state index in [4.69, 9.17) is 4.74 Å². The van der Waals surface area contributed by atoms with E-state index in [1.165, 1.54) is 11.1 Å². The molecule has 0 unspecified atom stereocenters. The van der Waals surface area contributed by atoms with Crippen molar-refractivity contribution in [2.24, 2.45) is 0 Å². The van der Waals surface area contributed by atoms with Crippen molar-refractivity contribution in [2.45, 2.75) is 19.3 Å². The maximum atomic E-state index is 11.3. The van der Waals surface area contributed by atoms with Crippen molar-refractivity contribution in [3.8, 4) is 0 Å². The molecule has 0 aliphatic carbocycles. The van der Waals surface area contributed by atoms with Gasteiger partial charge in [-0.3, -0.25) is 4.79 Å². The van der Waals surface area contributed by atoms with E-state index < -0.39 is 0 Å². The van der Waals surface area contributed by atoms with Gasteiger partial charge < -0.3 is 10.1 Å². The summed E-state index contributed by atoms with van der Waals surface area (Å²) in [6.45, 7) is 3.29. The largest absolute Gasteiger partial charge is 0.465 e. The number of rotatable bonds is 8. The first-order valence-electron chi connectivity index (χ1n) is 7.77. The highest BCUT2D eigenvalue weighted by Gasteiger charge is 2.13. The predicted octanol–water partition coefficient (Wildman–Crippen LogP) is 3.36. The van der Waals surface area contributed by atoms with E-state index in [-0.39, 0.29) is 12.5 Å². The van der Waals surface area contributed by atoms with Crippen LogP contribution >= 0.6 is 0 Å². The Hall–Kier alpha value is -2.13. The van der Waals surface area contributed by atoms with E-state index in [2.05, 4.69) is 53.8 Å². The Kier molecular flexibility index (Phi) is 6.65. The Balaban J connectivity index is 1.96. The van der Waals surface area contributed by atoms with Gasteiger partial charge in [0.1, 0.15) is 0 Å².